The Hall–Kier alpha value is -3.46. The third-order valence-corrected chi connectivity index (χ3v) is 8.89. The first kappa shape index (κ1) is 31.5. The number of pyridine rings is 1. The first-order chi connectivity index (χ1) is 21.4. The molecule has 242 valence electrons. The smallest absolute Gasteiger partial charge is 0.397 e. The van der Waals surface area contributed by atoms with E-state index in [1.165, 1.54) is 41.0 Å². The van der Waals surface area contributed by atoms with Gasteiger partial charge in [-0.05, 0) is 13.0 Å². The maximum absolute atomic E-state index is 13.3. The Morgan fingerprint density at radius 2 is 1.89 bits per heavy atom. The Balaban J connectivity index is 1.23. The van der Waals surface area contributed by atoms with Gasteiger partial charge in [0.2, 0.25) is 5.95 Å². The highest BCUT2D eigenvalue weighted by atomic mass is 31.2. The molecule has 2 aliphatic rings. The van der Waals surface area contributed by atoms with Crippen LogP contribution in [0, 0.1) is 0 Å². The van der Waals surface area contributed by atoms with Gasteiger partial charge < -0.3 is 36.0 Å². The van der Waals surface area contributed by atoms with Crippen LogP contribution in [0.4, 0.5) is 11.6 Å². The Bertz CT molecular complexity index is 1850. The topological polar surface area (TPSA) is 308 Å². The van der Waals surface area contributed by atoms with E-state index in [0.717, 1.165) is 0 Å². The summed E-state index contributed by atoms with van der Waals surface area (Å²) in [7, 11) is -8.28. The predicted molar refractivity (Wildman–Crippen MR) is 150 cm³/mol. The summed E-state index contributed by atoms with van der Waals surface area (Å²) >= 11 is 0. The van der Waals surface area contributed by atoms with Crippen LogP contribution in [0.25, 0.3) is 22.3 Å². The first-order valence-electron chi connectivity index (χ1n) is 13.3. The number of hydrogen-bond acceptors (Lipinski definition) is 16. The molecule has 2 fully saturated rings. The molecular weight excluding hydrogens is 644 g/mol. The third kappa shape index (κ3) is 5.96. The molecule has 21 nitrogen and oxygen atoms in total. The molecule has 10 atom stereocenters. The zero-order chi connectivity index (χ0) is 32.2. The number of phosphoric acid groups is 1. The first-order valence-corrected chi connectivity index (χ1v) is 15.9. The van der Waals surface area contributed by atoms with Crippen molar-refractivity contribution in [3.63, 3.8) is 0 Å². The van der Waals surface area contributed by atoms with Gasteiger partial charge in [-0.2, -0.15) is 4.98 Å². The van der Waals surface area contributed by atoms with Gasteiger partial charge in [0.25, 0.3) is 5.56 Å². The number of aromatic amines is 1. The van der Waals surface area contributed by atoms with Crippen LogP contribution in [0.1, 0.15) is 25.8 Å². The molecule has 0 aromatic carbocycles. The minimum Gasteiger partial charge on any atom is -0.397 e. The van der Waals surface area contributed by atoms with E-state index in [0.29, 0.717) is 11.2 Å². The number of aromatic nitrogens is 7. The second kappa shape index (κ2) is 12.0. The van der Waals surface area contributed by atoms with E-state index in [1.54, 1.807) is 0 Å². The van der Waals surface area contributed by atoms with Crippen LogP contribution < -0.4 is 17.0 Å². The number of fused-ring (bicyclic) bond motifs is 2. The second-order valence-electron chi connectivity index (χ2n) is 10.3. The standard InChI is InChI=1S/C22H27N9O12P2/c1-8(15-16(41-44(35)36)14(33)21(40-15)30-6-26-12-10(23)2-3-25-17(12)30)42-45(37,38)43-11-4-9(5-32)39-20(11)31-7-27-13-18(31)28-22(24)29-19(13)34/h2-3,6-9,11,14-16,20-21,32-33H,4-5H2,1H3,(H6-,23,24,25,28,29,34,35,36,37,38)/p+1/t8-,9-,11+,14+,15-,16-,20+,21+/m0/s1. The molecule has 0 amide bonds. The van der Waals surface area contributed by atoms with Crippen molar-refractivity contribution in [1.29, 1.82) is 0 Å². The van der Waals surface area contributed by atoms with Crippen molar-refractivity contribution in [3.8, 4) is 0 Å². The Labute approximate surface area is 252 Å². The summed E-state index contributed by atoms with van der Waals surface area (Å²) in [5.41, 5.74) is 11.7. The zero-order valence-corrected chi connectivity index (χ0v) is 24.9. The molecule has 0 saturated carbocycles. The number of aliphatic hydroxyl groups excluding tert-OH is 2. The minimum absolute atomic E-state index is 0.00346. The molecule has 6 heterocycles. The van der Waals surface area contributed by atoms with Crippen molar-refractivity contribution in [2.45, 2.75) is 62.4 Å². The largest absolute Gasteiger partial charge is 0.695 e. The van der Waals surface area contributed by atoms with Gasteiger partial charge in [0.05, 0.1) is 37.2 Å². The maximum Gasteiger partial charge on any atom is 0.695 e. The molecular formula is C22H28N9O12P2+. The number of aliphatic hydroxyl groups is 2. The second-order valence-corrected chi connectivity index (χ2v) is 12.3. The molecule has 2 aliphatic heterocycles. The lowest BCUT2D eigenvalue weighted by Crippen LogP contribution is -2.39. The molecule has 6 rings (SSSR count). The fourth-order valence-electron chi connectivity index (χ4n) is 5.42. The lowest BCUT2D eigenvalue weighted by atomic mass is 10.1. The summed E-state index contributed by atoms with van der Waals surface area (Å²) in [6, 6.07) is 1.52. The third-order valence-electron chi connectivity index (χ3n) is 7.33. The summed E-state index contributed by atoms with van der Waals surface area (Å²) < 4.78 is 55.2. The van der Waals surface area contributed by atoms with Crippen LogP contribution in [0.15, 0.2) is 29.7 Å². The van der Waals surface area contributed by atoms with E-state index < -0.39 is 77.3 Å². The number of phosphoric ester groups is 1. The molecule has 0 bridgehead atoms. The van der Waals surface area contributed by atoms with Crippen molar-refractivity contribution in [1.82, 2.24) is 34.1 Å². The lowest BCUT2D eigenvalue weighted by molar-refractivity contribution is -0.0817. The van der Waals surface area contributed by atoms with E-state index in [-0.39, 0.29) is 29.2 Å². The molecule has 0 radical (unpaired) electrons. The van der Waals surface area contributed by atoms with Crippen LogP contribution in [0.5, 0.6) is 0 Å². The van der Waals surface area contributed by atoms with Crippen molar-refractivity contribution in [2.24, 2.45) is 0 Å². The number of nitrogens with one attached hydrogen (secondary N) is 1. The lowest BCUT2D eigenvalue weighted by Gasteiger charge is -2.27. The van der Waals surface area contributed by atoms with E-state index >= 15 is 0 Å². The summed E-state index contributed by atoms with van der Waals surface area (Å²) in [5.74, 6) is -0.213. The van der Waals surface area contributed by atoms with Gasteiger partial charge in [-0.3, -0.25) is 28.0 Å². The Kier molecular flexibility index (Phi) is 8.44. The quantitative estimate of drug-likeness (QED) is 0.101. The highest BCUT2D eigenvalue weighted by Gasteiger charge is 2.54. The van der Waals surface area contributed by atoms with Gasteiger partial charge in [-0.1, -0.05) is 0 Å². The van der Waals surface area contributed by atoms with Crippen LogP contribution in [0.2, 0.25) is 0 Å². The minimum atomic E-state index is -5.02. The van der Waals surface area contributed by atoms with E-state index in [4.69, 9.17) is 34.5 Å². The van der Waals surface area contributed by atoms with Crippen LogP contribution in [-0.2, 0) is 32.2 Å². The number of rotatable bonds is 10. The van der Waals surface area contributed by atoms with Gasteiger partial charge in [0.1, 0.15) is 23.8 Å². The highest BCUT2D eigenvalue weighted by molar-refractivity contribution is 7.47. The molecule has 4 aromatic rings. The van der Waals surface area contributed by atoms with Gasteiger partial charge in [0, 0.05) is 17.2 Å². The molecule has 2 saturated heterocycles. The van der Waals surface area contributed by atoms with E-state index in [9.17, 15) is 33.9 Å². The number of H-pyrrole nitrogens is 1. The number of nitrogen functional groups attached to an aromatic ring is 2. The van der Waals surface area contributed by atoms with Crippen LogP contribution in [0.3, 0.4) is 0 Å². The molecule has 0 aliphatic carbocycles. The SMILES string of the molecule is C[C@H](OP(=O)(O)O[C@@H]1C[C@@H](CO)O[C@H]1n1cnc2c(=O)[nH]c(N)nc21)[C@@H]1O[C@@H](n2cnc3c(N)ccnc32)[C@H](O)[C@@H]1O[P+](=O)O. The Morgan fingerprint density at radius 3 is 2.60 bits per heavy atom. The number of imidazole rings is 2. The number of nitrogens with two attached hydrogens (primary N) is 2. The normalized spacial score (nSPS) is 29.4. The number of ether oxygens (including phenoxy) is 2. The summed E-state index contributed by atoms with van der Waals surface area (Å²) in [6.45, 7) is 0.833. The number of anilines is 2. The molecule has 0 spiro atoms. The molecule has 45 heavy (non-hydrogen) atoms. The maximum atomic E-state index is 13.3. The van der Waals surface area contributed by atoms with Gasteiger partial charge in [0.15, 0.2) is 35.4 Å². The van der Waals surface area contributed by atoms with E-state index in [1.807, 2.05) is 0 Å². The number of nitrogens with zero attached hydrogens (tertiary/aromatic N) is 6. The van der Waals surface area contributed by atoms with Crippen LogP contribution >= 0.6 is 16.1 Å². The average molecular weight is 672 g/mol. The summed E-state index contributed by atoms with van der Waals surface area (Å²) in [6.07, 6.45) is -6.63. The van der Waals surface area contributed by atoms with Crippen molar-refractivity contribution >= 4 is 50.0 Å². The van der Waals surface area contributed by atoms with Crippen molar-refractivity contribution < 1.29 is 52.2 Å². The molecule has 23 heteroatoms. The average Bonchev–Trinajstić information content (AvgIpc) is 3.73. The number of hydrogen-bond donors (Lipinski definition) is 7. The van der Waals surface area contributed by atoms with Crippen molar-refractivity contribution in [3.05, 3.63) is 35.3 Å². The monoisotopic (exact) mass is 672 g/mol. The zero-order valence-electron chi connectivity index (χ0n) is 23.1. The summed E-state index contributed by atoms with van der Waals surface area (Å²) in [4.78, 5) is 51.3. The van der Waals surface area contributed by atoms with Gasteiger partial charge in [-0.25, -0.2) is 19.5 Å². The van der Waals surface area contributed by atoms with E-state index in [2.05, 4.69) is 24.9 Å². The van der Waals surface area contributed by atoms with Crippen LogP contribution in [-0.4, -0.2) is 97.3 Å². The molecule has 2 unspecified atom stereocenters. The highest BCUT2D eigenvalue weighted by Crippen LogP contribution is 2.52. The summed E-state index contributed by atoms with van der Waals surface area (Å²) in [5, 5.41) is 20.8. The predicted octanol–water partition coefficient (Wildman–Crippen LogP) is -0.807. The molecule has 4 aromatic heterocycles. The fraction of sp³-hybridized carbons (Fsp3) is 0.500. The van der Waals surface area contributed by atoms with Gasteiger partial charge >= 0.3 is 16.1 Å². The Morgan fingerprint density at radius 1 is 1.18 bits per heavy atom. The van der Waals surface area contributed by atoms with Gasteiger partial charge in [-0.15, -0.1) is 9.42 Å². The molecule has 9 N–H and O–H groups in total. The fourth-order valence-corrected chi connectivity index (χ4v) is 6.99. The van der Waals surface area contributed by atoms with Crippen molar-refractivity contribution in [2.75, 3.05) is 18.1 Å².